The second kappa shape index (κ2) is 6.10. The molecule has 0 fully saturated rings. The molecule has 0 spiro atoms. The van der Waals surface area contributed by atoms with E-state index >= 15 is 0 Å². The van der Waals surface area contributed by atoms with Crippen molar-refractivity contribution in [1.82, 2.24) is 0 Å². The fourth-order valence-corrected chi connectivity index (χ4v) is 3.44. The van der Waals surface area contributed by atoms with E-state index in [4.69, 9.17) is 0 Å². The average Bonchev–Trinajstić information content (AvgIpc) is 2.49. The number of hydrogen-bond acceptors (Lipinski definition) is 3. The van der Waals surface area contributed by atoms with Gasteiger partial charge in [-0.25, -0.2) is 12.7 Å². The predicted molar refractivity (Wildman–Crippen MR) is 82.4 cm³/mol. The van der Waals surface area contributed by atoms with Gasteiger partial charge in [0.1, 0.15) is 0 Å². The Bertz CT molecular complexity index is 710. The highest BCUT2D eigenvalue weighted by Gasteiger charge is 2.31. The Morgan fingerprint density at radius 3 is 1.86 bits per heavy atom. The molecule has 0 N–H and O–H groups in total. The molecule has 0 aliphatic carbocycles. The van der Waals surface area contributed by atoms with Gasteiger partial charge in [-0.1, -0.05) is 50.2 Å². The van der Waals surface area contributed by atoms with Crippen molar-refractivity contribution in [1.29, 1.82) is 0 Å². The molecule has 0 atom stereocenters. The van der Waals surface area contributed by atoms with Gasteiger partial charge in [-0.2, -0.15) is 0 Å². The molecular weight excluding hydrogens is 286 g/mol. The molecule has 5 heteroatoms. The maximum absolute atomic E-state index is 12.8. The van der Waals surface area contributed by atoms with E-state index in [1.54, 1.807) is 62.4 Å². The normalized spacial score (nSPS) is 11.4. The monoisotopic (exact) mass is 303 g/mol. The van der Waals surface area contributed by atoms with Crippen LogP contribution >= 0.6 is 0 Å². The molecule has 1 amide bonds. The topological polar surface area (TPSA) is 54.5 Å². The molecule has 0 bridgehead atoms. The lowest BCUT2D eigenvalue weighted by Gasteiger charge is -2.24. The van der Waals surface area contributed by atoms with Crippen molar-refractivity contribution in [2.24, 2.45) is 5.92 Å². The minimum Gasteiger partial charge on any atom is -0.273 e. The number of benzene rings is 2. The fraction of sp³-hybridized carbons (Fsp3) is 0.188. The van der Waals surface area contributed by atoms with E-state index in [0.717, 1.165) is 4.31 Å². The summed E-state index contributed by atoms with van der Waals surface area (Å²) in [6, 6.07) is 16.4. The van der Waals surface area contributed by atoms with Crippen LogP contribution < -0.4 is 4.31 Å². The number of nitrogens with zero attached hydrogens (tertiary/aromatic N) is 1. The van der Waals surface area contributed by atoms with Crippen LogP contribution in [0.2, 0.25) is 0 Å². The molecule has 0 aliphatic heterocycles. The van der Waals surface area contributed by atoms with Gasteiger partial charge in [-0.05, 0) is 24.3 Å². The summed E-state index contributed by atoms with van der Waals surface area (Å²) in [6.45, 7) is 3.36. The summed E-state index contributed by atoms with van der Waals surface area (Å²) in [5, 5.41) is 0. The molecule has 21 heavy (non-hydrogen) atoms. The molecule has 0 unspecified atom stereocenters. The minimum absolute atomic E-state index is 0.0999. The SMILES string of the molecule is CC(C)C(=O)N(c1ccccc1)S(=O)(=O)c1ccccc1. The minimum atomic E-state index is -3.91. The van der Waals surface area contributed by atoms with Crippen molar-refractivity contribution < 1.29 is 13.2 Å². The summed E-state index contributed by atoms with van der Waals surface area (Å²) in [6.07, 6.45) is 0. The van der Waals surface area contributed by atoms with E-state index in [0.29, 0.717) is 5.69 Å². The Kier molecular flexibility index (Phi) is 4.43. The van der Waals surface area contributed by atoms with Crippen LogP contribution in [0.15, 0.2) is 65.6 Å². The molecule has 2 rings (SSSR count). The summed E-state index contributed by atoms with van der Waals surface area (Å²) in [5.74, 6) is -0.881. The Morgan fingerprint density at radius 2 is 1.38 bits per heavy atom. The van der Waals surface area contributed by atoms with Gasteiger partial charge in [0.2, 0.25) is 5.91 Å². The second-order valence-electron chi connectivity index (χ2n) is 4.91. The Balaban J connectivity index is 2.58. The van der Waals surface area contributed by atoms with Crippen LogP contribution in [0, 0.1) is 5.92 Å². The molecule has 4 nitrogen and oxygen atoms in total. The van der Waals surface area contributed by atoms with E-state index in [1.807, 2.05) is 0 Å². The van der Waals surface area contributed by atoms with E-state index in [2.05, 4.69) is 0 Å². The van der Waals surface area contributed by atoms with Gasteiger partial charge >= 0.3 is 0 Å². The Morgan fingerprint density at radius 1 is 0.905 bits per heavy atom. The summed E-state index contributed by atoms with van der Waals surface area (Å²) in [5.41, 5.74) is 0.347. The first-order chi connectivity index (χ1) is 9.94. The number of carbonyl (C=O) groups is 1. The third-order valence-corrected chi connectivity index (χ3v) is 4.71. The van der Waals surface area contributed by atoms with Crippen molar-refractivity contribution in [3.63, 3.8) is 0 Å². The van der Waals surface area contributed by atoms with E-state index < -0.39 is 21.8 Å². The lowest BCUT2D eigenvalue weighted by molar-refractivity contribution is -0.120. The van der Waals surface area contributed by atoms with Gasteiger partial charge in [0, 0.05) is 5.92 Å². The number of para-hydroxylation sites is 1. The molecule has 0 saturated carbocycles. The molecule has 0 aromatic heterocycles. The highest BCUT2D eigenvalue weighted by molar-refractivity contribution is 7.93. The van der Waals surface area contributed by atoms with Crippen LogP contribution in [-0.4, -0.2) is 14.3 Å². The molecule has 0 aliphatic rings. The van der Waals surface area contributed by atoms with Crippen LogP contribution in [0.3, 0.4) is 0 Å². The summed E-state index contributed by atoms with van der Waals surface area (Å²) in [7, 11) is -3.91. The Hall–Kier alpha value is -2.14. The molecule has 0 saturated heterocycles. The number of carbonyl (C=O) groups excluding carboxylic acids is 1. The number of sulfonamides is 1. The molecule has 0 radical (unpaired) electrons. The van der Waals surface area contributed by atoms with Crippen LogP contribution in [0.5, 0.6) is 0 Å². The van der Waals surface area contributed by atoms with Crippen LogP contribution in [-0.2, 0) is 14.8 Å². The number of anilines is 1. The third-order valence-electron chi connectivity index (χ3n) is 2.97. The van der Waals surface area contributed by atoms with Gasteiger partial charge in [-0.3, -0.25) is 4.79 Å². The zero-order valence-corrected chi connectivity index (χ0v) is 12.7. The maximum Gasteiger partial charge on any atom is 0.270 e. The standard InChI is InChI=1S/C16H17NO3S/c1-13(2)16(18)17(14-9-5-3-6-10-14)21(19,20)15-11-7-4-8-12-15/h3-13H,1-2H3. The third kappa shape index (κ3) is 3.13. The number of amides is 1. The van der Waals surface area contributed by atoms with Gasteiger partial charge in [0.25, 0.3) is 10.0 Å². The van der Waals surface area contributed by atoms with Gasteiger partial charge in [-0.15, -0.1) is 0 Å². The van der Waals surface area contributed by atoms with Crippen molar-refractivity contribution >= 4 is 21.6 Å². The van der Waals surface area contributed by atoms with Crippen LogP contribution in [0.1, 0.15) is 13.8 Å². The fourth-order valence-electron chi connectivity index (χ4n) is 1.88. The molecule has 2 aromatic carbocycles. The number of rotatable bonds is 4. The summed E-state index contributed by atoms with van der Waals surface area (Å²) in [4.78, 5) is 12.5. The first-order valence-corrected chi connectivity index (χ1v) is 8.08. The maximum atomic E-state index is 12.8. The van der Waals surface area contributed by atoms with Crippen molar-refractivity contribution in [3.05, 3.63) is 60.7 Å². The van der Waals surface area contributed by atoms with Gasteiger partial charge in [0.05, 0.1) is 10.6 Å². The largest absolute Gasteiger partial charge is 0.273 e. The summed E-state index contributed by atoms with van der Waals surface area (Å²) < 4.78 is 26.4. The first kappa shape index (κ1) is 15.3. The van der Waals surface area contributed by atoms with E-state index in [-0.39, 0.29) is 4.90 Å². The van der Waals surface area contributed by atoms with Crippen molar-refractivity contribution in [2.45, 2.75) is 18.7 Å². The van der Waals surface area contributed by atoms with Crippen molar-refractivity contribution in [2.75, 3.05) is 4.31 Å². The molecule has 0 heterocycles. The lowest BCUT2D eigenvalue weighted by Crippen LogP contribution is -2.39. The van der Waals surface area contributed by atoms with Gasteiger partial charge in [0.15, 0.2) is 0 Å². The Labute approximate surface area is 125 Å². The predicted octanol–water partition coefficient (Wildman–Crippen LogP) is 3.06. The zero-order valence-electron chi connectivity index (χ0n) is 11.9. The first-order valence-electron chi connectivity index (χ1n) is 6.64. The molecule has 2 aromatic rings. The quantitative estimate of drug-likeness (QED) is 0.872. The number of hydrogen-bond donors (Lipinski definition) is 0. The zero-order chi connectivity index (χ0) is 15.5. The summed E-state index contributed by atoms with van der Waals surface area (Å²) >= 11 is 0. The lowest BCUT2D eigenvalue weighted by atomic mass is 10.2. The van der Waals surface area contributed by atoms with Crippen LogP contribution in [0.25, 0.3) is 0 Å². The van der Waals surface area contributed by atoms with Crippen molar-refractivity contribution in [3.8, 4) is 0 Å². The van der Waals surface area contributed by atoms with E-state index in [9.17, 15) is 13.2 Å². The average molecular weight is 303 g/mol. The van der Waals surface area contributed by atoms with Crippen LogP contribution in [0.4, 0.5) is 5.69 Å². The highest BCUT2D eigenvalue weighted by atomic mass is 32.2. The van der Waals surface area contributed by atoms with Gasteiger partial charge < -0.3 is 0 Å². The second-order valence-corrected chi connectivity index (χ2v) is 6.70. The smallest absolute Gasteiger partial charge is 0.270 e. The highest BCUT2D eigenvalue weighted by Crippen LogP contribution is 2.25. The molecular formula is C16H17NO3S. The molecule has 110 valence electrons. The van der Waals surface area contributed by atoms with E-state index in [1.165, 1.54) is 12.1 Å².